The highest BCUT2D eigenvalue weighted by Gasteiger charge is 2.18. The van der Waals surface area contributed by atoms with E-state index >= 15 is 0 Å². The summed E-state index contributed by atoms with van der Waals surface area (Å²) in [5, 5.41) is 12.3. The van der Waals surface area contributed by atoms with E-state index in [2.05, 4.69) is 25.9 Å². The molecule has 0 radical (unpaired) electrons. The van der Waals surface area contributed by atoms with Crippen LogP contribution in [-0.2, 0) is 0 Å². The molecule has 0 bridgehead atoms. The number of H-pyrrole nitrogens is 1. The van der Waals surface area contributed by atoms with Gasteiger partial charge in [-0.25, -0.2) is 14.2 Å². The van der Waals surface area contributed by atoms with Gasteiger partial charge < -0.3 is 25.7 Å². The third-order valence-electron chi connectivity index (χ3n) is 4.50. The molecule has 0 fully saturated rings. The van der Waals surface area contributed by atoms with Crippen molar-refractivity contribution in [3.63, 3.8) is 0 Å². The molecule has 1 aromatic carbocycles. The number of carbonyl (C=O) groups excluding carboxylic acids is 1. The van der Waals surface area contributed by atoms with Gasteiger partial charge in [0.25, 0.3) is 0 Å². The van der Waals surface area contributed by atoms with E-state index in [9.17, 15) is 9.18 Å². The van der Waals surface area contributed by atoms with E-state index in [1.807, 2.05) is 29.8 Å². The van der Waals surface area contributed by atoms with Crippen molar-refractivity contribution in [1.82, 2.24) is 20.6 Å². The zero-order valence-electron chi connectivity index (χ0n) is 16.1. The minimum atomic E-state index is -0.619. The van der Waals surface area contributed by atoms with Crippen LogP contribution >= 0.6 is 11.3 Å². The molecule has 1 atom stereocenters. The number of aromatic amines is 1. The summed E-state index contributed by atoms with van der Waals surface area (Å²) in [6.45, 7) is 0.427. The minimum absolute atomic E-state index is 0.359. The topological polar surface area (TPSA) is 91.1 Å². The van der Waals surface area contributed by atoms with Crippen LogP contribution in [0.1, 0.15) is 11.6 Å². The number of hydrogen-bond acceptors (Lipinski definition) is 6. The smallest absolute Gasteiger partial charge is 0.397 e. The van der Waals surface area contributed by atoms with Crippen LogP contribution in [0.4, 0.5) is 20.6 Å². The summed E-state index contributed by atoms with van der Waals surface area (Å²) in [4.78, 5) is 19.9. The number of aromatic nitrogens is 2. The third-order valence-corrected chi connectivity index (χ3v) is 5.29. The molecule has 0 saturated heterocycles. The number of rotatable bonds is 7. The number of halogens is 1. The number of nitrogens with zero attached hydrogens (tertiary/aromatic N) is 1. The number of fused-ring (bicyclic) bond motifs is 1. The second-order valence-electron chi connectivity index (χ2n) is 6.54. The van der Waals surface area contributed by atoms with Crippen molar-refractivity contribution in [2.75, 3.05) is 18.9 Å². The number of likely N-dealkylation sites (N-methyl/N-ethyl adjacent to an activating group) is 1. The van der Waals surface area contributed by atoms with Crippen LogP contribution in [0.15, 0.2) is 60.2 Å². The Labute approximate surface area is 176 Å². The van der Waals surface area contributed by atoms with Crippen molar-refractivity contribution in [3.05, 3.63) is 71.6 Å². The molecule has 1 unspecified atom stereocenters. The quantitative estimate of drug-likeness (QED) is 0.349. The Bertz CT molecular complexity index is 1160. The maximum Gasteiger partial charge on any atom is 0.414 e. The summed E-state index contributed by atoms with van der Waals surface area (Å²) < 4.78 is 19.1. The van der Waals surface area contributed by atoms with E-state index in [4.69, 9.17) is 4.74 Å². The van der Waals surface area contributed by atoms with Gasteiger partial charge in [0.2, 0.25) is 5.06 Å². The molecule has 3 heterocycles. The van der Waals surface area contributed by atoms with Crippen LogP contribution < -0.4 is 20.7 Å². The number of hydrogen-bond donors (Lipinski definition) is 4. The molecular formula is C21H20FN5O2S. The van der Waals surface area contributed by atoms with Crippen LogP contribution in [0, 0.1) is 5.82 Å². The number of thiophene rings is 1. The predicted octanol–water partition coefficient (Wildman–Crippen LogP) is 4.56. The molecule has 30 heavy (non-hydrogen) atoms. The monoisotopic (exact) mass is 425 g/mol. The molecule has 0 aliphatic rings. The molecule has 0 aliphatic heterocycles. The number of pyridine rings is 1. The Kier molecular flexibility index (Phi) is 5.92. The molecule has 3 aromatic heterocycles. The standard InChI is InChI=1S/C21H20FN5O2S/c1-23-12-18(13-3-2-4-14(22)11-13)27-21(28)29-20-17(7-10-30-20)26-16-6-9-25-19-15(16)5-8-24-19/h2-11,18,23H,12H2,1H3,(H,27,28)(H2,24,25,26). The van der Waals surface area contributed by atoms with Gasteiger partial charge in [-0.1, -0.05) is 12.1 Å². The van der Waals surface area contributed by atoms with Gasteiger partial charge in [0.1, 0.15) is 11.5 Å². The minimum Gasteiger partial charge on any atom is -0.397 e. The van der Waals surface area contributed by atoms with Gasteiger partial charge in [-0.15, -0.1) is 11.3 Å². The Hall–Kier alpha value is -3.43. The van der Waals surface area contributed by atoms with Crippen molar-refractivity contribution in [2.45, 2.75) is 6.04 Å². The highest BCUT2D eigenvalue weighted by molar-refractivity contribution is 7.12. The van der Waals surface area contributed by atoms with Crippen molar-refractivity contribution in [3.8, 4) is 5.06 Å². The van der Waals surface area contributed by atoms with Crippen LogP contribution in [0.25, 0.3) is 11.0 Å². The van der Waals surface area contributed by atoms with E-state index in [-0.39, 0.29) is 5.82 Å². The second kappa shape index (κ2) is 8.93. The Morgan fingerprint density at radius 1 is 1.27 bits per heavy atom. The van der Waals surface area contributed by atoms with Gasteiger partial charge in [0.05, 0.1) is 17.4 Å². The summed E-state index contributed by atoms with van der Waals surface area (Å²) in [7, 11) is 1.76. The maximum atomic E-state index is 13.6. The SMILES string of the molecule is CNCC(NC(=O)Oc1sccc1Nc1ccnc2[nH]ccc12)c1cccc(F)c1. The van der Waals surface area contributed by atoms with E-state index in [1.165, 1.54) is 23.5 Å². The van der Waals surface area contributed by atoms with E-state index in [1.54, 1.807) is 25.4 Å². The summed E-state index contributed by atoms with van der Waals surface area (Å²) >= 11 is 1.30. The second-order valence-corrected chi connectivity index (χ2v) is 7.42. The van der Waals surface area contributed by atoms with E-state index < -0.39 is 12.1 Å². The normalized spacial score (nSPS) is 11.9. The summed E-state index contributed by atoms with van der Waals surface area (Å²) in [5.41, 5.74) is 2.93. The molecule has 0 saturated carbocycles. The molecule has 9 heteroatoms. The largest absolute Gasteiger partial charge is 0.414 e. The van der Waals surface area contributed by atoms with Crippen LogP contribution in [0.2, 0.25) is 0 Å². The molecule has 4 aromatic rings. The number of carbonyl (C=O) groups is 1. The molecule has 1 amide bonds. The maximum absolute atomic E-state index is 13.6. The first-order chi connectivity index (χ1) is 14.6. The number of ether oxygens (including phenoxy) is 1. The molecule has 4 rings (SSSR count). The summed E-state index contributed by atoms with van der Waals surface area (Å²) in [6.07, 6.45) is 2.89. The number of amides is 1. The lowest BCUT2D eigenvalue weighted by atomic mass is 10.1. The average Bonchev–Trinajstić information content (AvgIpc) is 3.38. The third kappa shape index (κ3) is 4.42. The van der Waals surface area contributed by atoms with Gasteiger partial charge in [-0.2, -0.15) is 0 Å². The lowest BCUT2D eigenvalue weighted by Crippen LogP contribution is -2.36. The average molecular weight is 425 g/mol. The van der Waals surface area contributed by atoms with Crippen LogP contribution in [0.5, 0.6) is 5.06 Å². The first kappa shape index (κ1) is 19.9. The highest BCUT2D eigenvalue weighted by Crippen LogP contribution is 2.35. The van der Waals surface area contributed by atoms with Crippen molar-refractivity contribution >= 4 is 39.8 Å². The zero-order valence-corrected chi connectivity index (χ0v) is 16.9. The lowest BCUT2D eigenvalue weighted by Gasteiger charge is -2.19. The molecular weight excluding hydrogens is 405 g/mol. The number of nitrogens with one attached hydrogen (secondary N) is 4. The van der Waals surface area contributed by atoms with Gasteiger partial charge in [-0.3, -0.25) is 0 Å². The first-order valence-corrected chi connectivity index (χ1v) is 10.2. The van der Waals surface area contributed by atoms with Crippen LogP contribution in [-0.4, -0.2) is 29.7 Å². The fourth-order valence-corrected chi connectivity index (χ4v) is 3.82. The van der Waals surface area contributed by atoms with Crippen LogP contribution in [0.3, 0.4) is 0 Å². The zero-order chi connectivity index (χ0) is 20.9. The Morgan fingerprint density at radius 3 is 3.00 bits per heavy atom. The molecule has 154 valence electrons. The van der Waals surface area contributed by atoms with Gasteiger partial charge in [0, 0.05) is 24.3 Å². The van der Waals surface area contributed by atoms with E-state index in [0.717, 1.165) is 16.7 Å². The van der Waals surface area contributed by atoms with Gasteiger partial charge in [0.15, 0.2) is 0 Å². The predicted molar refractivity (Wildman–Crippen MR) is 116 cm³/mol. The van der Waals surface area contributed by atoms with Gasteiger partial charge in [-0.05, 0) is 48.3 Å². The summed E-state index contributed by atoms with van der Waals surface area (Å²) in [6, 6.07) is 11.3. The molecule has 0 spiro atoms. The van der Waals surface area contributed by atoms with Crippen molar-refractivity contribution in [1.29, 1.82) is 0 Å². The van der Waals surface area contributed by atoms with E-state index in [0.29, 0.717) is 22.9 Å². The highest BCUT2D eigenvalue weighted by atomic mass is 32.1. The number of benzene rings is 1. The Morgan fingerprint density at radius 2 is 2.17 bits per heavy atom. The lowest BCUT2D eigenvalue weighted by molar-refractivity contribution is 0.197. The first-order valence-electron chi connectivity index (χ1n) is 9.29. The number of anilines is 2. The van der Waals surface area contributed by atoms with Crippen molar-refractivity contribution < 1.29 is 13.9 Å². The fraction of sp³-hybridized carbons (Fsp3) is 0.143. The molecule has 4 N–H and O–H groups in total. The molecule has 0 aliphatic carbocycles. The van der Waals surface area contributed by atoms with Gasteiger partial charge >= 0.3 is 6.09 Å². The fourth-order valence-electron chi connectivity index (χ4n) is 3.12. The van der Waals surface area contributed by atoms with Crippen molar-refractivity contribution in [2.24, 2.45) is 0 Å². The Balaban J connectivity index is 1.47. The summed E-state index contributed by atoms with van der Waals surface area (Å²) in [5.74, 6) is -0.359. The molecule has 7 nitrogen and oxygen atoms in total.